The Hall–Kier alpha value is -3.03. The van der Waals surface area contributed by atoms with Gasteiger partial charge in [0.1, 0.15) is 5.76 Å². The molecule has 6 nitrogen and oxygen atoms in total. The highest BCUT2D eigenvalue weighted by molar-refractivity contribution is 7.98. The van der Waals surface area contributed by atoms with Crippen molar-refractivity contribution in [2.45, 2.75) is 31.0 Å². The molecule has 1 N–H and O–H groups in total. The van der Waals surface area contributed by atoms with Gasteiger partial charge in [0.15, 0.2) is 0 Å². The smallest absolute Gasteiger partial charge is 0.256 e. The summed E-state index contributed by atoms with van der Waals surface area (Å²) in [5.41, 5.74) is 4.59. The predicted molar refractivity (Wildman–Crippen MR) is 130 cm³/mol. The highest BCUT2D eigenvalue weighted by atomic mass is 32.2. The van der Waals surface area contributed by atoms with Crippen LogP contribution in [0.1, 0.15) is 27.4 Å². The second kappa shape index (κ2) is 9.63. The van der Waals surface area contributed by atoms with Crippen LogP contribution < -0.4 is 5.32 Å². The number of carbonyl (C=O) groups is 1. The fourth-order valence-corrected chi connectivity index (χ4v) is 4.82. The summed E-state index contributed by atoms with van der Waals surface area (Å²) < 4.78 is 7.50. The lowest BCUT2D eigenvalue weighted by Gasteiger charge is -2.12. The summed E-state index contributed by atoms with van der Waals surface area (Å²) in [5.74, 6) is 1.42. The number of aromatic nitrogens is 2. The fraction of sp³-hybridized carbons (Fsp3) is 0.280. The fourth-order valence-electron chi connectivity index (χ4n) is 3.62. The van der Waals surface area contributed by atoms with Crippen LogP contribution in [0.5, 0.6) is 0 Å². The molecule has 0 radical (unpaired) electrons. The number of benzene rings is 2. The first-order valence-electron chi connectivity index (χ1n) is 10.6. The summed E-state index contributed by atoms with van der Waals surface area (Å²) in [6.07, 6.45) is 2.10. The summed E-state index contributed by atoms with van der Waals surface area (Å²) in [6, 6.07) is 15.8. The molecule has 0 spiro atoms. The van der Waals surface area contributed by atoms with E-state index in [-0.39, 0.29) is 5.91 Å². The number of thioether (sulfide) groups is 1. The second-order valence-electron chi connectivity index (χ2n) is 8.13. The van der Waals surface area contributed by atoms with Crippen molar-refractivity contribution in [2.24, 2.45) is 0 Å². The number of fused-ring (bicyclic) bond motifs is 1. The van der Waals surface area contributed by atoms with Gasteiger partial charge in [-0.1, -0.05) is 17.3 Å². The number of nitrogens with zero attached hydrogens (tertiary/aromatic N) is 3. The summed E-state index contributed by atoms with van der Waals surface area (Å²) in [4.78, 5) is 16.2. The lowest BCUT2D eigenvalue weighted by molar-refractivity contribution is 0.102. The van der Waals surface area contributed by atoms with Gasteiger partial charge in [-0.05, 0) is 64.3 Å². The Labute approximate surface area is 192 Å². The highest BCUT2D eigenvalue weighted by Gasteiger charge is 2.15. The average Bonchev–Trinajstić information content (AvgIpc) is 3.33. The van der Waals surface area contributed by atoms with Crippen molar-refractivity contribution in [1.29, 1.82) is 0 Å². The Morgan fingerprint density at radius 1 is 1.16 bits per heavy atom. The maximum absolute atomic E-state index is 13.1. The van der Waals surface area contributed by atoms with Crippen LogP contribution in [0.15, 0.2) is 64.1 Å². The quantitative estimate of drug-likeness (QED) is 0.368. The van der Waals surface area contributed by atoms with E-state index in [0.29, 0.717) is 11.3 Å². The van der Waals surface area contributed by atoms with E-state index in [1.807, 2.05) is 50.2 Å². The first kappa shape index (κ1) is 22.2. The number of likely N-dealkylation sites (N-methyl/N-ethyl adjacent to an activating group) is 1. The zero-order chi connectivity index (χ0) is 22.7. The predicted octanol–water partition coefficient (Wildman–Crippen LogP) is 5.35. The Kier molecular flexibility index (Phi) is 6.67. The van der Waals surface area contributed by atoms with Crippen LogP contribution in [0, 0.1) is 13.8 Å². The molecule has 0 fully saturated rings. The van der Waals surface area contributed by atoms with Crippen molar-refractivity contribution in [2.75, 3.05) is 26.0 Å². The molecule has 1 amide bonds. The van der Waals surface area contributed by atoms with Crippen LogP contribution in [0.25, 0.3) is 10.9 Å². The molecule has 0 bridgehead atoms. The van der Waals surface area contributed by atoms with Gasteiger partial charge in [0, 0.05) is 52.1 Å². The van der Waals surface area contributed by atoms with E-state index >= 15 is 0 Å². The molecule has 2 aromatic heterocycles. The second-order valence-corrected chi connectivity index (χ2v) is 9.14. The zero-order valence-corrected chi connectivity index (χ0v) is 19.7. The maximum Gasteiger partial charge on any atom is 0.256 e. The molecule has 2 aromatic carbocycles. The first-order chi connectivity index (χ1) is 15.4. The van der Waals surface area contributed by atoms with Crippen LogP contribution >= 0.6 is 11.8 Å². The van der Waals surface area contributed by atoms with Crippen LogP contribution in [0.4, 0.5) is 5.69 Å². The molecule has 0 aliphatic rings. The number of amides is 1. The van der Waals surface area contributed by atoms with Gasteiger partial charge < -0.3 is 19.3 Å². The largest absolute Gasteiger partial charge is 0.361 e. The molecule has 32 heavy (non-hydrogen) atoms. The monoisotopic (exact) mass is 448 g/mol. The minimum absolute atomic E-state index is 0.113. The van der Waals surface area contributed by atoms with Crippen molar-refractivity contribution in [3.8, 4) is 0 Å². The Morgan fingerprint density at radius 2 is 1.97 bits per heavy atom. The third-order valence-electron chi connectivity index (χ3n) is 5.50. The van der Waals surface area contributed by atoms with E-state index in [0.717, 1.165) is 46.1 Å². The number of carbonyl (C=O) groups excluding carboxylic acids is 1. The molecule has 4 rings (SSSR count). The molecular formula is C25H28N4O2S. The topological polar surface area (TPSA) is 63.3 Å². The minimum Gasteiger partial charge on any atom is -0.361 e. The van der Waals surface area contributed by atoms with Crippen molar-refractivity contribution in [3.63, 3.8) is 0 Å². The van der Waals surface area contributed by atoms with Gasteiger partial charge in [-0.2, -0.15) is 0 Å². The molecule has 2 heterocycles. The Bertz CT molecular complexity index is 1220. The molecule has 0 aliphatic carbocycles. The molecule has 4 aromatic rings. The van der Waals surface area contributed by atoms with Crippen molar-refractivity contribution in [1.82, 2.24) is 14.6 Å². The van der Waals surface area contributed by atoms with Crippen molar-refractivity contribution < 1.29 is 9.32 Å². The summed E-state index contributed by atoms with van der Waals surface area (Å²) in [5, 5.41) is 8.20. The minimum atomic E-state index is -0.113. The van der Waals surface area contributed by atoms with Gasteiger partial charge in [-0.25, -0.2) is 0 Å². The maximum atomic E-state index is 13.1. The van der Waals surface area contributed by atoms with E-state index in [9.17, 15) is 4.79 Å². The van der Waals surface area contributed by atoms with Crippen LogP contribution in [0.2, 0.25) is 0 Å². The summed E-state index contributed by atoms with van der Waals surface area (Å²) in [6.45, 7) is 5.76. The summed E-state index contributed by atoms with van der Waals surface area (Å²) >= 11 is 1.62. The number of hydrogen-bond donors (Lipinski definition) is 1. The first-order valence-corrected chi connectivity index (χ1v) is 11.6. The summed E-state index contributed by atoms with van der Waals surface area (Å²) in [7, 11) is 4.15. The third-order valence-corrected chi connectivity index (χ3v) is 6.60. The SMILES string of the molecule is Cc1noc(C)c1CSc1ccccc1C(=O)Nc1ccc2c(ccn2CCN(C)C)c1. The molecule has 7 heteroatoms. The Balaban J connectivity index is 1.49. The third kappa shape index (κ3) is 4.89. The van der Waals surface area contributed by atoms with Crippen LogP contribution in [-0.2, 0) is 12.3 Å². The van der Waals surface area contributed by atoms with Gasteiger partial charge >= 0.3 is 0 Å². The van der Waals surface area contributed by atoms with Gasteiger partial charge in [-0.3, -0.25) is 4.79 Å². The molecule has 166 valence electrons. The van der Waals surface area contributed by atoms with Crippen LogP contribution in [-0.4, -0.2) is 41.2 Å². The molecule has 0 saturated carbocycles. The van der Waals surface area contributed by atoms with Gasteiger partial charge in [-0.15, -0.1) is 11.8 Å². The number of rotatable bonds is 8. The molecule has 0 saturated heterocycles. The zero-order valence-electron chi connectivity index (χ0n) is 18.9. The number of nitrogens with one attached hydrogen (secondary N) is 1. The molecular weight excluding hydrogens is 420 g/mol. The van der Waals surface area contributed by atoms with Gasteiger partial charge in [0.2, 0.25) is 0 Å². The van der Waals surface area contributed by atoms with Gasteiger partial charge in [0.05, 0.1) is 11.3 Å². The average molecular weight is 449 g/mol. The normalized spacial score (nSPS) is 11.4. The Morgan fingerprint density at radius 3 is 2.72 bits per heavy atom. The highest BCUT2D eigenvalue weighted by Crippen LogP contribution is 2.29. The number of aryl methyl sites for hydroxylation is 2. The lowest BCUT2D eigenvalue weighted by Crippen LogP contribution is -2.17. The van der Waals surface area contributed by atoms with Crippen LogP contribution in [0.3, 0.4) is 0 Å². The standard InChI is InChI=1S/C25H28N4O2S/c1-17-22(18(2)31-27-17)16-32-24-8-6-5-7-21(24)25(30)26-20-9-10-23-19(15-20)11-12-29(23)14-13-28(3)4/h5-12,15H,13-14,16H2,1-4H3,(H,26,30). The van der Waals surface area contributed by atoms with E-state index in [2.05, 4.69) is 52.4 Å². The van der Waals surface area contributed by atoms with Crippen molar-refractivity contribution >= 4 is 34.3 Å². The van der Waals surface area contributed by atoms with E-state index in [4.69, 9.17) is 4.52 Å². The molecule has 0 atom stereocenters. The van der Waals surface area contributed by atoms with Gasteiger partial charge in [0.25, 0.3) is 5.91 Å². The number of hydrogen-bond acceptors (Lipinski definition) is 5. The van der Waals surface area contributed by atoms with E-state index < -0.39 is 0 Å². The number of anilines is 1. The van der Waals surface area contributed by atoms with E-state index in [1.165, 1.54) is 5.52 Å². The lowest BCUT2D eigenvalue weighted by atomic mass is 10.2. The molecule has 0 unspecified atom stereocenters. The van der Waals surface area contributed by atoms with E-state index in [1.54, 1.807) is 11.8 Å². The molecule has 0 aliphatic heterocycles. The van der Waals surface area contributed by atoms with Crippen molar-refractivity contribution in [3.05, 3.63) is 77.3 Å².